The third kappa shape index (κ3) is 2.18. The lowest BCUT2D eigenvalue weighted by Gasteiger charge is -2.05. The third-order valence-corrected chi connectivity index (χ3v) is 1.24. The second-order valence-electron chi connectivity index (χ2n) is 2.16. The molecule has 2 N–H and O–H groups in total. The molecule has 0 saturated heterocycles. The van der Waals surface area contributed by atoms with E-state index >= 15 is 0 Å². The summed E-state index contributed by atoms with van der Waals surface area (Å²) in [7, 11) is -1.91. The van der Waals surface area contributed by atoms with Crippen molar-refractivity contribution in [1.82, 2.24) is 4.98 Å². The molecule has 0 atom stereocenters. The maximum atomic E-state index is 12.4. The van der Waals surface area contributed by atoms with E-state index in [9.17, 15) is 4.39 Å². The van der Waals surface area contributed by atoms with Gasteiger partial charge in [-0.05, 0) is 19.1 Å². The molecular weight excluding hydrogens is 164 g/mol. The van der Waals surface area contributed by atoms with Crippen molar-refractivity contribution in [2.75, 3.05) is 0 Å². The van der Waals surface area contributed by atoms with Crippen LogP contribution in [0.5, 0.6) is 5.75 Å². The summed E-state index contributed by atoms with van der Waals surface area (Å²) in [5.74, 6) is -0.487. The molecule has 0 unspecified atom stereocenters. The molecular formula is C6H7BFNO3. The summed E-state index contributed by atoms with van der Waals surface area (Å²) in [6.07, 6.45) is 0. The normalized spacial score (nSPS) is 9.67. The summed E-state index contributed by atoms with van der Waals surface area (Å²) in [4.78, 5) is 3.41. The Balaban J connectivity index is 2.86. The Bertz CT molecular complexity index is 281. The Morgan fingerprint density at radius 2 is 2.17 bits per heavy atom. The van der Waals surface area contributed by atoms with Gasteiger partial charge in [-0.25, -0.2) is 4.98 Å². The van der Waals surface area contributed by atoms with Crippen molar-refractivity contribution in [3.8, 4) is 5.75 Å². The standard InChI is InChI=1S/C6H7BFNO3/c1-4-5(12-7(10)11)2-3-6(8)9-4/h2-3,10-11H,1H3. The average molecular weight is 171 g/mol. The monoisotopic (exact) mass is 171 g/mol. The molecule has 4 nitrogen and oxygen atoms in total. The number of nitrogens with zero attached hydrogens (tertiary/aromatic N) is 1. The highest BCUT2D eigenvalue weighted by Crippen LogP contribution is 2.14. The SMILES string of the molecule is Cc1nc(F)ccc1OB(O)O. The summed E-state index contributed by atoms with van der Waals surface area (Å²) in [6, 6.07) is 2.35. The van der Waals surface area contributed by atoms with Crippen molar-refractivity contribution in [2.45, 2.75) is 6.92 Å². The summed E-state index contributed by atoms with van der Waals surface area (Å²) in [5.41, 5.74) is 0.267. The third-order valence-electron chi connectivity index (χ3n) is 1.24. The van der Waals surface area contributed by atoms with Crippen LogP contribution < -0.4 is 4.65 Å². The van der Waals surface area contributed by atoms with E-state index < -0.39 is 13.3 Å². The van der Waals surface area contributed by atoms with Gasteiger partial charge in [-0.2, -0.15) is 4.39 Å². The molecule has 12 heavy (non-hydrogen) atoms. The fourth-order valence-corrected chi connectivity index (χ4v) is 0.756. The van der Waals surface area contributed by atoms with Crippen molar-refractivity contribution >= 4 is 7.32 Å². The summed E-state index contributed by atoms with van der Waals surface area (Å²) >= 11 is 0. The number of halogens is 1. The van der Waals surface area contributed by atoms with Gasteiger partial charge in [0.05, 0.1) is 5.69 Å². The first-order valence-electron chi connectivity index (χ1n) is 3.25. The first-order valence-corrected chi connectivity index (χ1v) is 3.25. The zero-order valence-corrected chi connectivity index (χ0v) is 6.36. The van der Waals surface area contributed by atoms with Gasteiger partial charge in [-0.1, -0.05) is 0 Å². The van der Waals surface area contributed by atoms with Crippen LogP contribution in [-0.4, -0.2) is 22.4 Å². The minimum Gasteiger partial charge on any atom is -0.510 e. The van der Waals surface area contributed by atoms with Crippen LogP contribution in [0.3, 0.4) is 0 Å². The zero-order chi connectivity index (χ0) is 9.14. The average Bonchev–Trinajstić information content (AvgIpc) is 1.94. The second-order valence-corrected chi connectivity index (χ2v) is 2.16. The van der Waals surface area contributed by atoms with E-state index in [1.807, 2.05) is 0 Å². The van der Waals surface area contributed by atoms with Crippen molar-refractivity contribution in [3.05, 3.63) is 23.8 Å². The van der Waals surface area contributed by atoms with E-state index in [0.29, 0.717) is 0 Å². The minimum absolute atomic E-state index is 0.145. The lowest BCUT2D eigenvalue weighted by Crippen LogP contribution is -2.21. The second kappa shape index (κ2) is 3.51. The Hall–Kier alpha value is -1.14. The van der Waals surface area contributed by atoms with Crippen LogP contribution in [0.2, 0.25) is 0 Å². The van der Waals surface area contributed by atoms with Crippen molar-refractivity contribution in [3.63, 3.8) is 0 Å². The molecule has 0 aliphatic heterocycles. The molecule has 64 valence electrons. The van der Waals surface area contributed by atoms with Crippen LogP contribution in [0.4, 0.5) is 4.39 Å². The Kier molecular flexibility index (Phi) is 2.62. The molecule has 0 aromatic carbocycles. The molecule has 0 bridgehead atoms. The first kappa shape index (κ1) is 8.96. The number of rotatable bonds is 2. The summed E-state index contributed by atoms with van der Waals surface area (Å²) in [6.45, 7) is 1.50. The number of pyridine rings is 1. The minimum atomic E-state index is -1.91. The van der Waals surface area contributed by atoms with E-state index in [1.54, 1.807) is 0 Å². The fraction of sp³-hybridized carbons (Fsp3) is 0.167. The zero-order valence-electron chi connectivity index (χ0n) is 6.36. The molecule has 0 spiro atoms. The van der Waals surface area contributed by atoms with Crippen molar-refractivity contribution in [2.24, 2.45) is 0 Å². The molecule has 1 aromatic rings. The van der Waals surface area contributed by atoms with Gasteiger partial charge in [0.2, 0.25) is 5.95 Å². The Morgan fingerprint density at radius 1 is 1.50 bits per heavy atom. The molecule has 0 saturated carbocycles. The number of hydrogen-bond donors (Lipinski definition) is 2. The van der Waals surface area contributed by atoms with Gasteiger partial charge < -0.3 is 14.7 Å². The van der Waals surface area contributed by atoms with Gasteiger partial charge in [-0.15, -0.1) is 0 Å². The maximum absolute atomic E-state index is 12.4. The summed E-state index contributed by atoms with van der Waals surface area (Å²) < 4.78 is 16.9. The number of aromatic nitrogens is 1. The maximum Gasteiger partial charge on any atom is 0.707 e. The van der Waals surface area contributed by atoms with Gasteiger partial charge in [0.25, 0.3) is 0 Å². The molecule has 0 radical (unpaired) electrons. The molecule has 0 fully saturated rings. The fourth-order valence-electron chi connectivity index (χ4n) is 0.756. The number of hydrogen-bond acceptors (Lipinski definition) is 4. The van der Waals surface area contributed by atoms with Crippen LogP contribution in [0.1, 0.15) is 5.69 Å². The molecule has 0 aliphatic carbocycles. The molecule has 0 aliphatic rings. The van der Waals surface area contributed by atoms with E-state index in [1.165, 1.54) is 13.0 Å². The van der Waals surface area contributed by atoms with Crippen LogP contribution in [0.15, 0.2) is 12.1 Å². The molecule has 1 rings (SSSR count). The predicted molar refractivity (Wildman–Crippen MR) is 39.8 cm³/mol. The van der Waals surface area contributed by atoms with E-state index in [2.05, 4.69) is 9.64 Å². The molecule has 1 aromatic heterocycles. The van der Waals surface area contributed by atoms with Crippen molar-refractivity contribution in [1.29, 1.82) is 0 Å². The Labute approximate surface area is 68.8 Å². The largest absolute Gasteiger partial charge is 0.707 e. The van der Waals surface area contributed by atoms with Crippen LogP contribution >= 0.6 is 0 Å². The van der Waals surface area contributed by atoms with Gasteiger partial charge >= 0.3 is 7.32 Å². The quantitative estimate of drug-likeness (QED) is 0.480. The highest BCUT2D eigenvalue weighted by atomic mass is 19.1. The molecule has 0 amide bonds. The van der Waals surface area contributed by atoms with Gasteiger partial charge in [0.1, 0.15) is 5.75 Å². The van der Waals surface area contributed by atoms with Gasteiger partial charge in [0, 0.05) is 0 Å². The molecule has 6 heteroatoms. The van der Waals surface area contributed by atoms with E-state index in [-0.39, 0.29) is 11.4 Å². The predicted octanol–water partition coefficient (Wildman–Crippen LogP) is -0.123. The van der Waals surface area contributed by atoms with Crippen LogP contribution in [0.25, 0.3) is 0 Å². The van der Waals surface area contributed by atoms with Gasteiger partial charge in [-0.3, -0.25) is 0 Å². The van der Waals surface area contributed by atoms with Crippen molar-refractivity contribution < 1.29 is 19.1 Å². The molecule has 1 heterocycles. The van der Waals surface area contributed by atoms with Gasteiger partial charge in [0.15, 0.2) is 0 Å². The highest BCUT2D eigenvalue weighted by molar-refractivity contribution is 6.33. The lowest BCUT2D eigenvalue weighted by atomic mass is 10.2. The topological polar surface area (TPSA) is 62.6 Å². The Morgan fingerprint density at radius 3 is 2.67 bits per heavy atom. The highest BCUT2D eigenvalue weighted by Gasteiger charge is 2.13. The van der Waals surface area contributed by atoms with Crippen LogP contribution in [0, 0.1) is 12.9 Å². The smallest absolute Gasteiger partial charge is 0.510 e. The van der Waals surface area contributed by atoms with E-state index in [4.69, 9.17) is 10.0 Å². The number of aryl methyl sites for hydroxylation is 1. The van der Waals surface area contributed by atoms with Crippen LogP contribution in [-0.2, 0) is 0 Å². The summed E-state index contributed by atoms with van der Waals surface area (Å²) in [5, 5.41) is 16.8. The van der Waals surface area contributed by atoms with E-state index in [0.717, 1.165) is 6.07 Å². The first-order chi connectivity index (χ1) is 5.59. The lowest BCUT2D eigenvalue weighted by molar-refractivity contribution is 0.286.